The van der Waals surface area contributed by atoms with E-state index in [0.717, 1.165) is 30.4 Å². The molecule has 0 N–H and O–H groups in total. The molecule has 6 heteroatoms. The van der Waals surface area contributed by atoms with Gasteiger partial charge in [0.25, 0.3) is 5.91 Å². The molecule has 1 amide bonds. The zero-order chi connectivity index (χ0) is 18.5. The van der Waals surface area contributed by atoms with Crippen LogP contribution in [0.15, 0.2) is 36.7 Å². The van der Waals surface area contributed by atoms with Crippen molar-refractivity contribution in [1.82, 2.24) is 14.9 Å². The van der Waals surface area contributed by atoms with Crippen LogP contribution in [0.4, 0.5) is 5.82 Å². The summed E-state index contributed by atoms with van der Waals surface area (Å²) in [6.07, 6.45) is 1.58. The molecular formula is C20H26N4O2. The Kier molecular flexibility index (Phi) is 5.71. The van der Waals surface area contributed by atoms with Gasteiger partial charge in [0.2, 0.25) is 0 Å². The minimum atomic E-state index is 0.0264. The second kappa shape index (κ2) is 8.17. The molecule has 0 unspecified atom stereocenters. The van der Waals surface area contributed by atoms with E-state index < -0.39 is 0 Å². The van der Waals surface area contributed by atoms with Crippen LogP contribution in [-0.4, -0.2) is 53.6 Å². The molecule has 0 spiro atoms. The predicted molar refractivity (Wildman–Crippen MR) is 102 cm³/mol. The highest BCUT2D eigenvalue weighted by Crippen LogP contribution is 2.20. The van der Waals surface area contributed by atoms with E-state index in [9.17, 15) is 4.79 Å². The Bertz CT molecular complexity index is 755. The van der Waals surface area contributed by atoms with E-state index in [0.29, 0.717) is 19.0 Å². The van der Waals surface area contributed by atoms with E-state index in [1.54, 1.807) is 6.33 Å². The zero-order valence-corrected chi connectivity index (χ0v) is 15.7. The SMILES string of the molecule is Cc1cc(N2CCN(C(=O)COc3cccc(C(C)C)c3)CC2)ncn1. The van der Waals surface area contributed by atoms with Gasteiger partial charge in [-0.25, -0.2) is 9.97 Å². The third kappa shape index (κ3) is 4.50. The molecule has 138 valence electrons. The molecule has 1 saturated heterocycles. The number of ether oxygens (including phenoxy) is 1. The monoisotopic (exact) mass is 354 g/mol. The Morgan fingerprint density at radius 1 is 1.15 bits per heavy atom. The van der Waals surface area contributed by atoms with Crippen LogP contribution in [0.5, 0.6) is 5.75 Å². The molecule has 6 nitrogen and oxygen atoms in total. The first-order valence-electron chi connectivity index (χ1n) is 9.07. The summed E-state index contributed by atoms with van der Waals surface area (Å²) in [5.74, 6) is 2.14. The van der Waals surface area contributed by atoms with Crippen LogP contribution < -0.4 is 9.64 Å². The fourth-order valence-corrected chi connectivity index (χ4v) is 3.00. The number of amides is 1. The van der Waals surface area contributed by atoms with Crippen molar-refractivity contribution in [2.75, 3.05) is 37.7 Å². The molecule has 1 aliphatic heterocycles. The van der Waals surface area contributed by atoms with Crippen molar-refractivity contribution in [3.63, 3.8) is 0 Å². The van der Waals surface area contributed by atoms with Crippen LogP contribution in [0.1, 0.15) is 31.0 Å². The van der Waals surface area contributed by atoms with E-state index in [4.69, 9.17) is 4.74 Å². The average Bonchev–Trinajstić information content (AvgIpc) is 2.66. The molecule has 26 heavy (non-hydrogen) atoms. The summed E-state index contributed by atoms with van der Waals surface area (Å²) in [6.45, 7) is 9.21. The van der Waals surface area contributed by atoms with Crippen LogP contribution in [0, 0.1) is 6.92 Å². The van der Waals surface area contributed by atoms with E-state index in [1.807, 2.05) is 36.1 Å². The lowest BCUT2D eigenvalue weighted by molar-refractivity contribution is -0.133. The lowest BCUT2D eigenvalue weighted by Gasteiger charge is -2.35. The molecular weight excluding hydrogens is 328 g/mol. The lowest BCUT2D eigenvalue weighted by Crippen LogP contribution is -2.50. The third-order valence-electron chi connectivity index (χ3n) is 4.63. The number of anilines is 1. The van der Waals surface area contributed by atoms with Gasteiger partial charge >= 0.3 is 0 Å². The van der Waals surface area contributed by atoms with Crippen molar-refractivity contribution in [3.8, 4) is 5.75 Å². The Hall–Kier alpha value is -2.63. The van der Waals surface area contributed by atoms with Crippen molar-refractivity contribution in [1.29, 1.82) is 0 Å². The fraction of sp³-hybridized carbons (Fsp3) is 0.450. The molecule has 3 rings (SSSR count). The van der Waals surface area contributed by atoms with Crippen LogP contribution in [0.3, 0.4) is 0 Å². The van der Waals surface area contributed by atoms with Crippen LogP contribution in [-0.2, 0) is 4.79 Å². The highest BCUT2D eigenvalue weighted by molar-refractivity contribution is 5.78. The summed E-state index contributed by atoms with van der Waals surface area (Å²) in [7, 11) is 0. The van der Waals surface area contributed by atoms with Crippen LogP contribution >= 0.6 is 0 Å². The van der Waals surface area contributed by atoms with Gasteiger partial charge in [-0.15, -0.1) is 0 Å². The predicted octanol–water partition coefficient (Wildman–Crippen LogP) is 2.64. The number of rotatable bonds is 5. The first-order chi connectivity index (χ1) is 12.5. The first-order valence-corrected chi connectivity index (χ1v) is 9.07. The van der Waals surface area contributed by atoms with Gasteiger partial charge in [0.1, 0.15) is 17.9 Å². The van der Waals surface area contributed by atoms with Gasteiger partial charge in [-0.1, -0.05) is 26.0 Å². The molecule has 0 aliphatic carbocycles. The average molecular weight is 354 g/mol. The number of hydrogen-bond acceptors (Lipinski definition) is 5. The normalized spacial score (nSPS) is 14.6. The van der Waals surface area contributed by atoms with E-state index >= 15 is 0 Å². The molecule has 0 bridgehead atoms. The number of nitrogens with zero attached hydrogens (tertiary/aromatic N) is 4. The summed E-state index contributed by atoms with van der Waals surface area (Å²) < 4.78 is 5.71. The topological polar surface area (TPSA) is 58.6 Å². The molecule has 0 radical (unpaired) electrons. The molecule has 1 fully saturated rings. The number of hydrogen-bond donors (Lipinski definition) is 0. The molecule has 2 heterocycles. The van der Waals surface area contributed by atoms with Crippen molar-refractivity contribution in [2.45, 2.75) is 26.7 Å². The molecule has 1 aromatic heterocycles. The second-order valence-electron chi connectivity index (χ2n) is 6.90. The van der Waals surface area contributed by atoms with E-state index in [-0.39, 0.29) is 12.5 Å². The number of carbonyl (C=O) groups is 1. The zero-order valence-electron chi connectivity index (χ0n) is 15.7. The van der Waals surface area contributed by atoms with Crippen LogP contribution in [0.2, 0.25) is 0 Å². The van der Waals surface area contributed by atoms with E-state index in [2.05, 4.69) is 34.8 Å². The highest BCUT2D eigenvalue weighted by Gasteiger charge is 2.22. The van der Waals surface area contributed by atoms with Gasteiger partial charge < -0.3 is 14.5 Å². The summed E-state index contributed by atoms with van der Waals surface area (Å²) in [4.78, 5) is 24.9. The Labute approximate surface area is 154 Å². The highest BCUT2D eigenvalue weighted by atomic mass is 16.5. The second-order valence-corrected chi connectivity index (χ2v) is 6.90. The van der Waals surface area contributed by atoms with Gasteiger partial charge in [-0.2, -0.15) is 0 Å². The quantitative estimate of drug-likeness (QED) is 0.826. The van der Waals surface area contributed by atoms with Gasteiger partial charge in [-0.05, 0) is 30.5 Å². The fourth-order valence-electron chi connectivity index (χ4n) is 3.00. The number of piperazine rings is 1. The third-order valence-corrected chi connectivity index (χ3v) is 4.63. The number of aryl methyl sites for hydroxylation is 1. The van der Waals surface area contributed by atoms with Gasteiger partial charge in [0.05, 0.1) is 0 Å². The first kappa shape index (κ1) is 18.2. The maximum Gasteiger partial charge on any atom is 0.260 e. The maximum absolute atomic E-state index is 12.4. The summed E-state index contributed by atoms with van der Waals surface area (Å²) in [5, 5.41) is 0. The van der Waals surface area contributed by atoms with Crippen LogP contribution in [0.25, 0.3) is 0 Å². The van der Waals surface area contributed by atoms with Gasteiger partial charge in [0.15, 0.2) is 6.61 Å². The smallest absolute Gasteiger partial charge is 0.260 e. The number of aromatic nitrogens is 2. The molecule has 0 saturated carbocycles. The molecule has 0 atom stereocenters. The summed E-state index contributed by atoms with van der Waals surface area (Å²) >= 11 is 0. The summed E-state index contributed by atoms with van der Waals surface area (Å²) in [5.41, 5.74) is 2.16. The minimum Gasteiger partial charge on any atom is -0.484 e. The van der Waals surface area contributed by atoms with Gasteiger partial charge in [0, 0.05) is 37.9 Å². The Balaban J connectivity index is 1.50. The summed E-state index contributed by atoms with van der Waals surface area (Å²) in [6, 6.07) is 9.93. The van der Waals surface area contributed by atoms with E-state index in [1.165, 1.54) is 5.56 Å². The number of benzene rings is 1. The Morgan fingerprint density at radius 2 is 1.92 bits per heavy atom. The van der Waals surface area contributed by atoms with Crippen molar-refractivity contribution in [3.05, 3.63) is 47.9 Å². The molecule has 1 aliphatic rings. The molecule has 2 aromatic rings. The van der Waals surface area contributed by atoms with Crippen molar-refractivity contribution >= 4 is 11.7 Å². The minimum absolute atomic E-state index is 0.0264. The van der Waals surface area contributed by atoms with Crippen molar-refractivity contribution in [2.24, 2.45) is 0 Å². The standard InChI is InChI=1S/C20H26N4O2/c1-15(2)17-5-4-6-18(12-17)26-13-20(25)24-9-7-23(8-10-24)19-11-16(3)21-14-22-19/h4-6,11-12,14-15H,7-10,13H2,1-3H3. The maximum atomic E-state index is 12.4. The van der Waals surface area contributed by atoms with Gasteiger partial charge in [-0.3, -0.25) is 4.79 Å². The number of carbonyl (C=O) groups excluding carboxylic acids is 1. The van der Waals surface area contributed by atoms with Crippen molar-refractivity contribution < 1.29 is 9.53 Å². The lowest BCUT2D eigenvalue weighted by atomic mass is 10.0. The largest absolute Gasteiger partial charge is 0.484 e. The molecule has 1 aromatic carbocycles. The Morgan fingerprint density at radius 3 is 2.62 bits per heavy atom.